The van der Waals surface area contributed by atoms with Gasteiger partial charge in [0.2, 0.25) is 0 Å². The number of nitrogens with one attached hydrogen (secondary N) is 3. The second-order valence-electron chi connectivity index (χ2n) is 7.13. The molecule has 6 nitrogen and oxygen atoms in total. The maximum Gasteiger partial charge on any atom is 0.251 e. The topological polar surface area (TPSA) is 68.8 Å². The smallest absolute Gasteiger partial charge is 0.251 e. The van der Waals surface area contributed by atoms with Gasteiger partial charge in [0.15, 0.2) is 5.96 Å². The van der Waals surface area contributed by atoms with Crippen LogP contribution in [0, 0.1) is 0 Å². The van der Waals surface area contributed by atoms with E-state index in [1.807, 2.05) is 35.6 Å². The van der Waals surface area contributed by atoms with E-state index in [2.05, 4.69) is 45.3 Å². The molecule has 1 atom stereocenters. The molecule has 1 saturated heterocycles. The third-order valence-corrected chi connectivity index (χ3v) is 6.07. The second-order valence-corrected chi connectivity index (χ2v) is 8.11. The Kier molecular flexibility index (Phi) is 10.6. The van der Waals surface area contributed by atoms with Crippen molar-refractivity contribution in [1.82, 2.24) is 20.9 Å². The minimum Gasteiger partial charge on any atom is -0.357 e. The lowest BCUT2D eigenvalue weighted by atomic mass is 10.1. The lowest BCUT2D eigenvalue weighted by Crippen LogP contribution is -2.42. The normalized spacial score (nSPS) is 15.3. The quantitative estimate of drug-likeness (QED) is 0.272. The highest BCUT2D eigenvalue weighted by Crippen LogP contribution is 2.27. The molecule has 0 aliphatic carbocycles. The number of hydrogen-bond donors (Lipinski definition) is 3. The number of amides is 1. The van der Waals surface area contributed by atoms with Gasteiger partial charge in [-0.15, -0.1) is 35.3 Å². The van der Waals surface area contributed by atoms with Crippen LogP contribution in [0.2, 0.25) is 0 Å². The van der Waals surface area contributed by atoms with E-state index in [0.29, 0.717) is 18.2 Å². The summed E-state index contributed by atoms with van der Waals surface area (Å²) in [6, 6.07) is 12.3. The Morgan fingerprint density at radius 3 is 2.67 bits per heavy atom. The molecule has 8 heteroatoms. The van der Waals surface area contributed by atoms with Crippen molar-refractivity contribution in [2.45, 2.75) is 32.4 Å². The van der Waals surface area contributed by atoms with Gasteiger partial charge in [0.1, 0.15) is 0 Å². The second kappa shape index (κ2) is 12.9. The lowest BCUT2D eigenvalue weighted by molar-refractivity contribution is 0.0963. The Hall–Kier alpha value is -1.65. The largest absolute Gasteiger partial charge is 0.357 e. The van der Waals surface area contributed by atoms with E-state index in [0.717, 1.165) is 37.7 Å². The zero-order chi connectivity index (χ0) is 20.5. The molecular weight excluding hydrogens is 509 g/mol. The summed E-state index contributed by atoms with van der Waals surface area (Å²) in [5, 5.41) is 11.7. The number of carbonyl (C=O) groups excluding carboxylic acids is 1. The van der Waals surface area contributed by atoms with Crippen molar-refractivity contribution in [2.24, 2.45) is 4.99 Å². The maximum absolute atomic E-state index is 11.8. The van der Waals surface area contributed by atoms with E-state index in [4.69, 9.17) is 4.99 Å². The molecule has 1 unspecified atom stereocenters. The Labute approximate surface area is 200 Å². The number of likely N-dealkylation sites (tertiary alicyclic amines) is 1. The van der Waals surface area contributed by atoms with Crippen LogP contribution < -0.4 is 16.0 Å². The van der Waals surface area contributed by atoms with Gasteiger partial charge >= 0.3 is 0 Å². The van der Waals surface area contributed by atoms with Gasteiger partial charge in [0.05, 0.1) is 12.6 Å². The Morgan fingerprint density at radius 1 is 1.20 bits per heavy atom. The van der Waals surface area contributed by atoms with Crippen molar-refractivity contribution in [3.63, 3.8) is 0 Å². The average Bonchev–Trinajstić information content (AvgIpc) is 3.46. The summed E-state index contributed by atoms with van der Waals surface area (Å²) in [6.45, 7) is 6.53. The van der Waals surface area contributed by atoms with Crippen LogP contribution in [-0.4, -0.2) is 50.0 Å². The lowest BCUT2D eigenvalue weighted by Gasteiger charge is -2.27. The molecule has 1 aliphatic heterocycles. The van der Waals surface area contributed by atoms with Crippen molar-refractivity contribution in [3.05, 3.63) is 57.8 Å². The molecule has 1 fully saturated rings. The van der Waals surface area contributed by atoms with Gasteiger partial charge < -0.3 is 16.0 Å². The molecule has 3 N–H and O–H groups in total. The first-order valence-electron chi connectivity index (χ1n) is 10.3. The molecular formula is C22H32IN5OS. The first-order chi connectivity index (χ1) is 14.2. The summed E-state index contributed by atoms with van der Waals surface area (Å²) >= 11 is 1.82. The number of guanidine groups is 1. The Morgan fingerprint density at radius 2 is 2.00 bits per heavy atom. The molecule has 0 bridgehead atoms. The average molecular weight is 542 g/mol. The van der Waals surface area contributed by atoms with Crippen molar-refractivity contribution in [2.75, 3.05) is 33.2 Å². The number of benzene rings is 1. The Bertz CT molecular complexity index is 806. The van der Waals surface area contributed by atoms with Crippen LogP contribution in [0.15, 0.2) is 46.8 Å². The molecule has 30 heavy (non-hydrogen) atoms. The third kappa shape index (κ3) is 6.95. The van der Waals surface area contributed by atoms with Crippen LogP contribution in [0.3, 0.4) is 0 Å². The molecule has 0 spiro atoms. The molecule has 2 heterocycles. The number of thiophene rings is 1. The molecule has 1 aromatic carbocycles. The summed E-state index contributed by atoms with van der Waals surface area (Å²) in [7, 11) is 1.64. The minimum atomic E-state index is -0.0785. The van der Waals surface area contributed by atoms with Crippen molar-refractivity contribution in [3.8, 4) is 0 Å². The number of hydrogen-bond acceptors (Lipinski definition) is 4. The highest BCUT2D eigenvalue weighted by molar-refractivity contribution is 14.0. The van der Waals surface area contributed by atoms with Crippen molar-refractivity contribution >= 4 is 47.2 Å². The van der Waals surface area contributed by atoms with Gasteiger partial charge in [0, 0.05) is 30.6 Å². The van der Waals surface area contributed by atoms with Crippen LogP contribution >= 0.6 is 35.3 Å². The van der Waals surface area contributed by atoms with Crippen LogP contribution in [-0.2, 0) is 6.54 Å². The molecule has 1 aromatic heterocycles. The first-order valence-corrected chi connectivity index (χ1v) is 11.2. The van der Waals surface area contributed by atoms with Gasteiger partial charge in [-0.3, -0.25) is 9.69 Å². The van der Waals surface area contributed by atoms with Gasteiger partial charge in [-0.05, 0) is 62.0 Å². The van der Waals surface area contributed by atoms with Crippen LogP contribution in [0.1, 0.15) is 46.6 Å². The highest BCUT2D eigenvalue weighted by Gasteiger charge is 2.24. The van der Waals surface area contributed by atoms with Gasteiger partial charge in [-0.1, -0.05) is 18.2 Å². The maximum atomic E-state index is 11.8. The van der Waals surface area contributed by atoms with Gasteiger partial charge in [-0.2, -0.15) is 0 Å². The summed E-state index contributed by atoms with van der Waals surface area (Å²) in [6.07, 6.45) is 2.55. The van der Waals surface area contributed by atoms with E-state index in [1.54, 1.807) is 7.05 Å². The van der Waals surface area contributed by atoms with E-state index in [-0.39, 0.29) is 29.9 Å². The standard InChI is InChI=1S/C22H31N5OS.HI/c1-3-24-22(25-15-17-8-6-9-18(14-17)21(28)23-2)26-16-19(20-10-7-13-29-20)27-11-4-5-12-27;/h6-10,13-14,19H,3-5,11-12,15-16H2,1-2H3,(H,23,28)(H2,24,25,26);1H. The fourth-order valence-corrected chi connectivity index (χ4v) is 4.47. The summed E-state index contributed by atoms with van der Waals surface area (Å²) in [4.78, 5) is 20.5. The fourth-order valence-electron chi connectivity index (χ4n) is 3.60. The summed E-state index contributed by atoms with van der Waals surface area (Å²) in [5.41, 5.74) is 1.67. The zero-order valence-corrected chi connectivity index (χ0v) is 20.8. The molecule has 0 radical (unpaired) electrons. The highest BCUT2D eigenvalue weighted by atomic mass is 127. The van der Waals surface area contributed by atoms with Crippen LogP contribution in [0.5, 0.6) is 0 Å². The number of carbonyl (C=O) groups is 1. The molecule has 1 amide bonds. The SMILES string of the molecule is CCNC(=NCc1cccc(C(=O)NC)c1)NCC(c1cccs1)N1CCCC1.I. The minimum absolute atomic E-state index is 0. The Balaban J connectivity index is 0.00000320. The van der Waals surface area contributed by atoms with Crippen molar-refractivity contribution in [1.29, 1.82) is 0 Å². The molecule has 3 rings (SSSR count). The summed E-state index contributed by atoms with van der Waals surface area (Å²) < 4.78 is 0. The monoisotopic (exact) mass is 541 g/mol. The van der Waals surface area contributed by atoms with Crippen LogP contribution in [0.4, 0.5) is 0 Å². The molecule has 2 aromatic rings. The molecule has 1 aliphatic rings. The predicted octanol–water partition coefficient (Wildman–Crippen LogP) is 3.62. The van der Waals surface area contributed by atoms with E-state index < -0.39 is 0 Å². The number of halogens is 1. The number of rotatable bonds is 8. The molecule has 0 saturated carbocycles. The fraction of sp³-hybridized carbons (Fsp3) is 0.455. The van der Waals surface area contributed by atoms with Crippen LogP contribution in [0.25, 0.3) is 0 Å². The van der Waals surface area contributed by atoms with Crippen molar-refractivity contribution < 1.29 is 4.79 Å². The third-order valence-electron chi connectivity index (χ3n) is 5.10. The molecule has 164 valence electrons. The summed E-state index contributed by atoms with van der Waals surface area (Å²) in [5.74, 6) is 0.726. The number of aliphatic imine (C=N–C) groups is 1. The predicted molar refractivity (Wildman–Crippen MR) is 136 cm³/mol. The van der Waals surface area contributed by atoms with E-state index in [9.17, 15) is 4.79 Å². The number of nitrogens with zero attached hydrogens (tertiary/aromatic N) is 2. The van der Waals surface area contributed by atoms with Gasteiger partial charge in [0.25, 0.3) is 5.91 Å². The van der Waals surface area contributed by atoms with E-state index in [1.165, 1.54) is 17.7 Å². The van der Waals surface area contributed by atoms with E-state index >= 15 is 0 Å². The van der Waals surface area contributed by atoms with Gasteiger partial charge in [-0.25, -0.2) is 4.99 Å². The zero-order valence-electron chi connectivity index (χ0n) is 17.7. The first kappa shape index (κ1) is 24.6.